The van der Waals surface area contributed by atoms with E-state index in [4.69, 9.17) is 20.8 Å². The van der Waals surface area contributed by atoms with Gasteiger partial charge in [0.25, 0.3) is 0 Å². The maximum atomic E-state index is 12.3. The molecule has 0 aliphatic rings. The Balaban J connectivity index is 2.42. The van der Waals surface area contributed by atoms with Gasteiger partial charge in [0.1, 0.15) is 16.9 Å². The van der Waals surface area contributed by atoms with Crippen molar-refractivity contribution in [3.8, 4) is 28.6 Å². The average Bonchev–Trinajstić information content (AvgIpc) is 2.47. The van der Waals surface area contributed by atoms with E-state index in [1.165, 1.54) is 13.2 Å². The van der Waals surface area contributed by atoms with E-state index < -0.39 is 5.43 Å². The second-order valence-electron chi connectivity index (χ2n) is 4.61. The summed E-state index contributed by atoms with van der Waals surface area (Å²) < 4.78 is 10.7. The van der Waals surface area contributed by atoms with Gasteiger partial charge in [-0.2, -0.15) is 0 Å². The molecule has 6 heteroatoms. The van der Waals surface area contributed by atoms with Crippen LogP contribution < -0.4 is 10.2 Å². The SMILES string of the molecule is COc1c(O)cc(O)c2c(=O)cc(-c3ccccc3Cl)oc12. The summed E-state index contributed by atoms with van der Waals surface area (Å²) in [5, 5.41) is 20.0. The molecule has 0 aliphatic heterocycles. The van der Waals surface area contributed by atoms with Crippen LogP contribution in [0.1, 0.15) is 0 Å². The lowest BCUT2D eigenvalue weighted by atomic mass is 10.1. The van der Waals surface area contributed by atoms with Crippen LogP contribution >= 0.6 is 11.6 Å². The van der Waals surface area contributed by atoms with Crippen LogP contribution in [0.25, 0.3) is 22.3 Å². The summed E-state index contributed by atoms with van der Waals surface area (Å²) in [6.07, 6.45) is 0. The van der Waals surface area contributed by atoms with Crippen molar-refractivity contribution in [3.63, 3.8) is 0 Å². The van der Waals surface area contributed by atoms with Gasteiger partial charge in [-0.3, -0.25) is 4.79 Å². The van der Waals surface area contributed by atoms with Gasteiger partial charge < -0.3 is 19.4 Å². The zero-order valence-electron chi connectivity index (χ0n) is 11.5. The van der Waals surface area contributed by atoms with Crippen molar-refractivity contribution in [2.45, 2.75) is 0 Å². The molecule has 0 saturated carbocycles. The van der Waals surface area contributed by atoms with Gasteiger partial charge in [-0.1, -0.05) is 23.7 Å². The van der Waals surface area contributed by atoms with Gasteiger partial charge in [0.2, 0.25) is 5.75 Å². The largest absolute Gasteiger partial charge is 0.507 e. The number of hydrogen-bond acceptors (Lipinski definition) is 5. The molecule has 0 unspecified atom stereocenters. The lowest BCUT2D eigenvalue weighted by molar-refractivity contribution is 0.367. The molecule has 1 aromatic heterocycles. The molecule has 5 nitrogen and oxygen atoms in total. The summed E-state index contributed by atoms with van der Waals surface area (Å²) in [6.45, 7) is 0. The number of phenolic OH excluding ortho intramolecular Hbond substituents is 2. The van der Waals surface area contributed by atoms with Gasteiger partial charge in [-0.05, 0) is 12.1 Å². The van der Waals surface area contributed by atoms with Crippen LogP contribution in [0, 0.1) is 0 Å². The molecule has 0 aliphatic carbocycles. The number of methoxy groups -OCH3 is 1. The predicted octanol–water partition coefficient (Wildman–Crippen LogP) is 3.53. The maximum Gasteiger partial charge on any atom is 0.204 e. The highest BCUT2D eigenvalue weighted by Gasteiger charge is 2.19. The van der Waals surface area contributed by atoms with Crippen molar-refractivity contribution in [1.29, 1.82) is 0 Å². The van der Waals surface area contributed by atoms with E-state index in [1.807, 2.05) is 0 Å². The van der Waals surface area contributed by atoms with E-state index in [0.717, 1.165) is 6.07 Å². The smallest absolute Gasteiger partial charge is 0.204 e. The minimum Gasteiger partial charge on any atom is -0.507 e. The summed E-state index contributed by atoms with van der Waals surface area (Å²) in [6, 6.07) is 9.14. The van der Waals surface area contributed by atoms with Gasteiger partial charge in [-0.25, -0.2) is 0 Å². The molecule has 0 atom stereocenters. The number of phenols is 2. The summed E-state index contributed by atoms with van der Waals surface area (Å²) in [5.41, 5.74) is 0.0161. The van der Waals surface area contributed by atoms with E-state index in [-0.39, 0.29) is 34.0 Å². The summed E-state index contributed by atoms with van der Waals surface area (Å²) in [5.74, 6) is -0.523. The van der Waals surface area contributed by atoms with Crippen LogP contribution in [0.4, 0.5) is 0 Å². The Morgan fingerprint density at radius 1 is 1.14 bits per heavy atom. The first-order valence-electron chi connectivity index (χ1n) is 6.34. The quantitative estimate of drug-likeness (QED) is 0.755. The van der Waals surface area contributed by atoms with Gasteiger partial charge in [-0.15, -0.1) is 0 Å². The second kappa shape index (κ2) is 5.27. The maximum absolute atomic E-state index is 12.3. The average molecular weight is 319 g/mol. The van der Waals surface area contributed by atoms with Crippen molar-refractivity contribution in [3.05, 3.63) is 51.6 Å². The Labute approximate surface area is 130 Å². The molecule has 112 valence electrons. The molecular weight excluding hydrogens is 308 g/mol. The van der Waals surface area contributed by atoms with E-state index in [1.54, 1.807) is 24.3 Å². The molecule has 22 heavy (non-hydrogen) atoms. The number of ether oxygens (including phenoxy) is 1. The Kier molecular flexibility index (Phi) is 3.42. The molecule has 0 spiro atoms. The number of aromatic hydroxyl groups is 2. The summed E-state index contributed by atoms with van der Waals surface area (Å²) >= 11 is 6.11. The highest BCUT2D eigenvalue weighted by Crippen LogP contribution is 2.40. The van der Waals surface area contributed by atoms with Crippen LogP contribution in [-0.2, 0) is 0 Å². The minimum atomic E-state index is -0.466. The number of halogens is 1. The van der Waals surface area contributed by atoms with Gasteiger partial charge in [0.05, 0.1) is 12.1 Å². The Morgan fingerprint density at radius 3 is 2.55 bits per heavy atom. The van der Waals surface area contributed by atoms with Crippen molar-refractivity contribution < 1.29 is 19.4 Å². The molecule has 0 saturated heterocycles. The third-order valence-corrected chi connectivity index (χ3v) is 3.59. The molecule has 0 bridgehead atoms. The second-order valence-corrected chi connectivity index (χ2v) is 5.01. The van der Waals surface area contributed by atoms with Crippen LogP contribution in [0.3, 0.4) is 0 Å². The molecule has 3 aromatic rings. The van der Waals surface area contributed by atoms with Crippen molar-refractivity contribution >= 4 is 22.6 Å². The first-order valence-corrected chi connectivity index (χ1v) is 6.72. The van der Waals surface area contributed by atoms with Crippen molar-refractivity contribution in [2.24, 2.45) is 0 Å². The van der Waals surface area contributed by atoms with Gasteiger partial charge in [0.15, 0.2) is 16.8 Å². The number of benzene rings is 2. The molecule has 3 rings (SSSR count). The van der Waals surface area contributed by atoms with Crippen LogP contribution in [0.2, 0.25) is 5.02 Å². The zero-order valence-corrected chi connectivity index (χ0v) is 12.2. The van der Waals surface area contributed by atoms with E-state index in [9.17, 15) is 15.0 Å². The predicted molar refractivity (Wildman–Crippen MR) is 82.8 cm³/mol. The van der Waals surface area contributed by atoms with E-state index >= 15 is 0 Å². The minimum absolute atomic E-state index is 0.0289. The monoisotopic (exact) mass is 318 g/mol. The van der Waals surface area contributed by atoms with Crippen molar-refractivity contribution in [2.75, 3.05) is 7.11 Å². The Morgan fingerprint density at radius 2 is 1.86 bits per heavy atom. The third kappa shape index (κ3) is 2.16. The van der Waals surface area contributed by atoms with Crippen LogP contribution in [0.5, 0.6) is 17.2 Å². The third-order valence-electron chi connectivity index (χ3n) is 3.26. The highest BCUT2D eigenvalue weighted by molar-refractivity contribution is 6.33. The molecule has 1 heterocycles. The van der Waals surface area contributed by atoms with Crippen LogP contribution in [-0.4, -0.2) is 17.3 Å². The molecule has 2 aromatic carbocycles. The fourth-order valence-electron chi connectivity index (χ4n) is 2.27. The normalized spacial score (nSPS) is 10.8. The molecule has 0 amide bonds. The van der Waals surface area contributed by atoms with Crippen LogP contribution in [0.15, 0.2) is 45.6 Å². The molecule has 2 N–H and O–H groups in total. The lowest BCUT2D eigenvalue weighted by Gasteiger charge is -2.10. The Bertz CT molecular complexity index is 930. The van der Waals surface area contributed by atoms with Crippen molar-refractivity contribution in [1.82, 2.24) is 0 Å². The molecule has 0 fully saturated rings. The standard InChI is InChI=1S/C16H11ClO5/c1-21-15-12(20)6-10(18)14-11(19)7-13(22-16(14)15)8-4-2-3-5-9(8)17/h2-7,18,20H,1H3. The Hall–Kier alpha value is -2.66. The number of hydrogen-bond donors (Lipinski definition) is 2. The van der Waals surface area contributed by atoms with Gasteiger partial charge in [0, 0.05) is 17.7 Å². The first kappa shape index (κ1) is 14.3. The van der Waals surface area contributed by atoms with E-state index in [0.29, 0.717) is 10.6 Å². The first-order chi connectivity index (χ1) is 10.5. The lowest BCUT2D eigenvalue weighted by Crippen LogP contribution is -2.02. The molecule has 0 radical (unpaired) electrons. The number of rotatable bonds is 2. The highest BCUT2D eigenvalue weighted by atomic mass is 35.5. The zero-order chi connectivity index (χ0) is 15.9. The fraction of sp³-hybridized carbons (Fsp3) is 0.0625. The van der Waals surface area contributed by atoms with E-state index in [2.05, 4.69) is 0 Å². The number of fused-ring (bicyclic) bond motifs is 1. The topological polar surface area (TPSA) is 79.9 Å². The summed E-state index contributed by atoms with van der Waals surface area (Å²) in [4.78, 5) is 12.3. The summed E-state index contributed by atoms with van der Waals surface area (Å²) in [7, 11) is 1.33. The molecular formula is C16H11ClO5. The fourth-order valence-corrected chi connectivity index (χ4v) is 2.50. The van der Waals surface area contributed by atoms with Gasteiger partial charge >= 0.3 is 0 Å².